The molecule has 21 heavy (non-hydrogen) atoms. The molecular formula is C17H11NO2S. The van der Waals surface area contributed by atoms with Gasteiger partial charge in [-0.3, -0.25) is 0 Å². The minimum Gasteiger partial charge on any atom is -0.402 e. The van der Waals surface area contributed by atoms with E-state index in [1.54, 1.807) is 17.4 Å². The van der Waals surface area contributed by atoms with E-state index >= 15 is 0 Å². The lowest BCUT2D eigenvalue weighted by Crippen LogP contribution is -2.02. The topological polar surface area (TPSA) is 43.1 Å². The van der Waals surface area contributed by atoms with Gasteiger partial charge in [0.25, 0.3) is 0 Å². The van der Waals surface area contributed by atoms with Gasteiger partial charge in [0.05, 0.1) is 15.8 Å². The summed E-state index contributed by atoms with van der Waals surface area (Å²) in [5.41, 5.74) is 1.43. The van der Waals surface area contributed by atoms with Crippen molar-refractivity contribution in [3.05, 3.63) is 64.5 Å². The molecule has 0 saturated carbocycles. The van der Waals surface area contributed by atoms with Gasteiger partial charge in [0, 0.05) is 4.70 Å². The molecule has 0 aliphatic carbocycles. The van der Waals surface area contributed by atoms with Crippen LogP contribution in [0.25, 0.3) is 31.8 Å². The van der Waals surface area contributed by atoms with Gasteiger partial charge in [-0.25, -0.2) is 9.78 Å². The lowest BCUT2D eigenvalue weighted by atomic mass is 10.1. The summed E-state index contributed by atoms with van der Waals surface area (Å²) < 4.78 is 6.60. The molecular weight excluding hydrogens is 282 g/mol. The number of hydrogen-bond donors (Lipinski definition) is 0. The fourth-order valence-electron chi connectivity index (χ4n) is 2.49. The van der Waals surface area contributed by atoms with Crippen molar-refractivity contribution in [3.8, 4) is 10.8 Å². The number of hydrogen-bond acceptors (Lipinski definition) is 4. The van der Waals surface area contributed by atoms with Gasteiger partial charge >= 0.3 is 5.63 Å². The highest BCUT2D eigenvalue weighted by Gasteiger charge is 2.15. The van der Waals surface area contributed by atoms with E-state index in [-0.39, 0.29) is 5.63 Å². The Labute approximate surface area is 124 Å². The van der Waals surface area contributed by atoms with Crippen molar-refractivity contribution in [2.24, 2.45) is 0 Å². The van der Waals surface area contributed by atoms with Gasteiger partial charge in [0.2, 0.25) is 5.89 Å². The molecule has 0 amide bonds. The molecule has 0 saturated heterocycles. The Morgan fingerprint density at radius 3 is 2.52 bits per heavy atom. The Bertz CT molecular complexity index is 1030. The third-order valence-electron chi connectivity index (χ3n) is 3.57. The van der Waals surface area contributed by atoms with Crippen LogP contribution in [0.3, 0.4) is 0 Å². The molecule has 102 valence electrons. The van der Waals surface area contributed by atoms with Crippen LogP contribution in [-0.4, -0.2) is 4.98 Å². The predicted molar refractivity (Wildman–Crippen MR) is 85.8 cm³/mol. The van der Waals surface area contributed by atoms with E-state index in [1.807, 2.05) is 37.3 Å². The third kappa shape index (κ3) is 1.87. The maximum atomic E-state index is 12.1. The van der Waals surface area contributed by atoms with Gasteiger partial charge in [0.15, 0.2) is 0 Å². The highest BCUT2D eigenvalue weighted by Crippen LogP contribution is 2.37. The molecule has 0 unspecified atom stereocenters. The van der Waals surface area contributed by atoms with Crippen LogP contribution >= 0.6 is 11.3 Å². The number of rotatable bonds is 1. The van der Waals surface area contributed by atoms with Crippen molar-refractivity contribution >= 4 is 32.3 Å². The SMILES string of the molecule is Cc1c(-c2nc3ccccc3c(=O)o2)sc2ccccc12. The lowest BCUT2D eigenvalue weighted by Gasteiger charge is -2.00. The number of aryl methyl sites for hydroxylation is 1. The molecule has 4 rings (SSSR count). The van der Waals surface area contributed by atoms with Crippen LogP contribution in [0.4, 0.5) is 0 Å². The molecule has 3 nitrogen and oxygen atoms in total. The first-order chi connectivity index (χ1) is 10.2. The Balaban J connectivity index is 2.04. The van der Waals surface area contributed by atoms with Crippen LogP contribution in [0.1, 0.15) is 5.56 Å². The second-order valence-electron chi connectivity index (χ2n) is 4.88. The summed E-state index contributed by atoms with van der Waals surface area (Å²) in [6, 6.07) is 15.4. The summed E-state index contributed by atoms with van der Waals surface area (Å²) in [7, 11) is 0. The molecule has 4 aromatic rings. The third-order valence-corrected chi connectivity index (χ3v) is 4.83. The van der Waals surface area contributed by atoms with Crippen molar-refractivity contribution in [1.29, 1.82) is 0 Å². The lowest BCUT2D eigenvalue weighted by molar-refractivity contribution is 0.519. The van der Waals surface area contributed by atoms with Crippen LogP contribution < -0.4 is 5.63 Å². The molecule has 0 atom stereocenters. The van der Waals surface area contributed by atoms with Crippen molar-refractivity contribution in [1.82, 2.24) is 4.98 Å². The summed E-state index contributed by atoms with van der Waals surface area (Å²) in [6.45, 7) is 2.03. The normalized spacial score (nSPS) is 11.3. The van der Waals surface area contributed by atoms with Crippen LogP contribution in [-0.2, 0) is 0 Å². The van der Waals surface area contributed by atoms with Crippen molar-refractivity contribution in [2.45, 2.75) is 6.92 Å². The summed E-state index contributed by atoms with van der Waals surface area (Å²) in [5, 5.41) is 1.69. The maximum Gasteiger partial charge on any atom is 0.347 e. The molecule has 4 heteroatoms. The highest BCUT2D eigenvalue weighted by molar-refractivity contribution is 7.22. The average Bonchev–Trinajstić information content (AvgIpc) is 2.85. The minimum atomic E-state index is -0.340. The maximum absolute atomic E-state index is 12.1. The van der Waals surface area contributed by atoms with E-state index < -0.39 is 0 Å². The number of para-hydroxylation sites is 1. The van der Waals surface area contributed by atoms with E-state index in [1.165, 1.54) is 10.1 Å². The fraction of sp³-hybridized carbons (Fsp3) is 0.0588. The Hall–Kier alpha value is -2.46. The number of nitrogens with zero attached hydrogens (tertiary/aromatic N) is 1. The molecule has 0 aliphatic heterocycles. The van der Waals surface area contributed by atoms with Crippen LogP contribution in [0.5, 0.6) is 0 Å². The number of aromatic nitrogens is 1. The molecule has 0 N–H and O–H groups in total. The predicted octanol–water partition coefficient (Wildman–Crippen LogP) is 4.38. The van der Waals surface area contributed by atoms with E-state index in [2.05, 4.69) is 17.1 Å². The quantitative estimate of drug-likeness (QED) is 0.523. The van der Waals surface area contributed by atoms with Gasteiger partial charge in [-0.05, 0) is 36.1 Å². The van der Waals surface area contributed by atoms with Gasteiger partial charge in [0.1, 0.15) is 0 Å². The van der Waals surface area contributed by atoms with E-state index in [9.17, 15) is 4.79 Å². The zero-order valence-corrected chi connectivity index (χ0v) is 12.1. The smallest absolute Gasteiger partial charge is 0.347 e. The van der Waals surface area contributed by atoms with Gasteiger partial charge in [-0.2, -0.15) is 0 Å². The molecule has 2 heterocycles. The zero-order valence-electron chi connectivity index (χ0n) is 11.3. The first-order valence-corrected chi connectivity index (χ1v) is 7.44. The molecule has 0 fully saturated rings. The van der Waals surface area contributed by atoms with Gasteiger partial charge < -0.3 is 4.42 Å². The zero-order chi connectivity index (χ0) is 14.4. The van der Waals surface area contributed by atoms with Crippen molar-refractivity contribution in [2.75, 3.05) is 0 Å². The average molecular weight is 293 g/mol. The van der Waals surface area contributed by atoms with Gasteiger partial charge in [-0.1, -0.05) is 30.3 Å². The fourth-order valence-corrected chi connectivity index (χ4v) is 3.63. The molecule has 2 aromatic heterocycles. The van der Waals surface area contributed by atoms with E-state index in [0.29, 0.717) is 16.8 Å². The largest absolute Gasteiger partial charge is 0.402 e. The second kappa shape index (κ2) is 4.53. The summed E-state index contributed by atoms with van der Waals surface area (Å²) in [6.07, 6.45) is 0. The van der Waals surface area contributed by atoms with Crippen molar-refractivity contribution in [3.63, 3.8) is 0 Å². The number of thiophene rings is 1. The van der Waals surface area contributed by atoms with Crippen LogP contribution in [0, 0.1) is 6.92 Å². The molecule has 2 aromatic carbocycles. The molecule has 0 aliphatic rings. The van der Waals surface area contributed by atoms with E-state index in [4.69, 9.17) is 4.42 Å². The highest BCUT2D eigenvalue weighted by atomic mass is 32.1. The Kier molecular flexibility index (Phi) is 2.65. The standard InChI is InChI=1S/C17H11NO2S/c1-10-11-6-3-5-9-14(11)21-15(10)16-18-13-8-4-2-7-12(13)17(19)20-16/h2-9H,1H3. The van der Waals surface area contributed by atoms with E-state index in [0.717, 1.165) is 10.4 Å². The minimum absolute atomic E-state index is 0.340. The summed E-state index contributed by atoms with van der Waals surface area (Å²) in [5.74, 6) is 0.400. The Morgan fingerprint density at radius 2 is 1.71 bits per heavy atom. The molecule has 0 radical (unpaired) electrons. The summed E-state index contributed by atoms with van der Waals surface area (Å²) >= 11 is 1.60. The Morgan fingerprint density at radius 1 is 1.00 bits per heavy atom. The molecule has 0 bridgehead atoms. The van der Waals surface area contributed by atoms with Crippen LogP contribution in [0.2, 0.25) is 0 Å². The molecule has 0 spiro atoms. The summed E-state index contributed by atoms with van der Waals surface area (Å²) in [4.78, 5) is 17.5. The van der Waals surface area contributed by atoms with Crippen LogP contribution in [0.15, 0.2) is 57.7 Å². The van der Waals surface area contributed by atoms with Gasteiger partial charge in [-0.15, -0.1) is 11.3 Å². The first-order valence-electron chi connectivity index (χ1n) is 6.62. The monoisotopic (exact) mass is 293 g/mol. The second-order valence-corrected chi connectivity index (χ2v) is 5.93. The number of fused-ring (bicyclic) bond motifs is 2. The van der Waals surface area contributed by atoms with Crippen molar-refractivity contribution < 1.29 is 4.42 Å². The number of benzene rings is 2. The first kappa shape index (κ1) is 12.3.